The van der Waals surface area contributed by atoms with Crippen molar-refractivity contribution >= 4 is 11.5 Å². The smallest absolute Gasteiger partial charge is 0.252 e. The van der Waals surface area contributed by atoms with Crippen LogP contribution in [0, 0.1) is 0 Å². The van der Waals surface area contributed by atoms with Gasteiger partial charge in [0, 0.05) is 25.3 Å². The summed E-state index contributed by atoms with van der Waals surface area (Å²) in [5, 5.41) is 0. The maximum Gasteiger partial charge on any atom is 0.252 e. The molecule has 0 aliphatic carbocycles. The second-order valence-corrected chi connectivity index (χ2v) is 3.87. The maximum absolute atomic E-state index is 11.2. The average molecular weight is 230 g/mol. The molecule has 0 spiro atoms. The van der Waals surface area contributed by atoms with Gasteiger partial charge in [-0.2, -0.15) is 0 Å². The number of nitrogens with zero attached hydrogens (tertiary/aromatic N) is 2. The number of hydrogen-bond donors (Lipinski definition) is 2. The zero-order chi connectivity index (χ0) is 12.3. The molecule has 1 aromatic carbocycles. The first-order chi connectivity index (χ1) is 8.15. The highest BCUT2D eigenvalue weighted by molar-refractivity contribution is 5.43. The number of nitrogens with one attached hydrogen (secondary N) is 1. The van der Waals surface area contributed by atoms with E-state index in [0.29, 0.717) is 12.4 Å². The van der Waals surface area contributed by atoms with E-state index in [0.717, 1.165) is 11.3 Å². The molecular formula is C12H14N4O. The summed E-state index contributed by atoms with van der Waals surface area (Å²) >= 11 is 0. The van der Waals surface area contributed by atoms with Crippen molar-refractivity contribution in [1.82, 2.24) is 9.97 Å². The highest BCUT2D eigenvalue weighted by Crippen LogP contribution is 2.12. The van der Waals surface area contributed by atoms with Crippen LogP contribution in [0.5, 0.6) is 0 Å². The van der Waals surface area contributed by atoms with E-state index in [9.17, 15) is 4.79 Å². The zero-order valence-corrected chi connectivity index (χ0v) is 9.55. The number of nitrogen functional groups attached to an aromatic ring is 1. The monoisotopic (exact) mass is 230 g/mol. The van der Waals surface area contributed by atoms with E-state index in [-0.39, 0.29) is 5.56 Å². The van der Waals surface area contributed by atoms with Gasteiger partial charge in [0.05, 0.1) is 6.33 Å². The third-order valence-corrected chi connectivity index (χ3v) is 2.43. The normalized spacial score (nSPS) is 10.2. The lowest BCUT2D eigenvalue weighted by Gasteiger charge is -2.17. The Balaban J connectivity index is 2.17. The molecule has 0 bridgehead atoms. The van der Waals surface area contributed by atoms with Gasteiger partial charge in [-0.15, -0.1) is 0 Å². The maximum atomic E-state index is 11.2. The predicted molar refractivity (Wildman–Crippen MR) is 67.8 cm³/mol. The molecule has 0 unspecified atom stereocenters. The van der Waals surface area contributed by atoms with Crippen LogP contribution in [0.4, 0.5) is 11.5 Å². The second kappa shape index (κ2) is 4.69. The quantitative estimate of drug-likeness (QED) is 0.771. The van der Waals surface area contributed by atoms with Gasteiger partial charge in [0.1, 0.15) is 5.82 Å². The standard InChI is InChI=1S/C12H14N4O/c1-16(11-6-12(17)15-8-14-11)7-9-3-2-4-10(13)5-9/h2-6,8H,7,13H2,1H3,(H,14,15,17). The summed E-state index contributed by atoms with van der Waals surface area (Å²) in [7, 11) is 1.88. The zero-order valence-electron chi connectivity index (χ0n) is 9.55. The van der Waals surface area contributed by atoms with Crippen molar-refractivity contribution in [2.45, 2.75) is 6.54 Å². The first kappa shape index (κ1) is 11.2. The van der Waals surface area contributed by atoms with Crippen molar-refractivity contribution in [3.05, 3.63) is 52.6 Å². The second-order valence-electron chi connectivity index (χ2n) is 3.87. The predicted octanol–water partition coefficient (Wildman–Crippen LogP) is 0.989. The van der Waals surface area contributed by atoms with Crippen molar-refractivity contribution in [3.8, 4) is 0 Å². The minimum absolute atomic E-state index is 0.158. The summed E-state index contributed by atoms with van der Waals surface area (Å²) < 4.78 is 0. The molecule has 5 nitrogen and oxygen atoms in total. The van der Waals surface area contributed by atoms with Crippen LogP contribution in [0.15, 0.2) is 41.5 Å². The van der Waals surface area contributed by atoms with E-state index in [4.69, 9.17) is 5.73 Å². The van der Waals surface area contributed by atoms with Gasteiger partial charge in [-0.3, -0.25) is 4.79 Å². The fourth-order valence-corrected chi connectivity index (χ4v) is 1.61. The fraction of sp³-hybridized carbons (Fsp3) is 0.167. The molecule has 0 aliphatic rings. The Bertz CT molecular complexity index is 564. The van der Waals surface area contributed by atoms with E-state index in [1.54, 1.807) is 0 Å². The molecule has 88 valence electrons. The molecule has 1 aromatic heterocycles. The van der Waals surface area contributed by atoms with Gasteiger partial charge in [-0.25, -0.2) is 4.98 Å². The minimum Gasteiger partial charge on any atom is -0.399 e. The van der Waals surface area contributed by atoms with Gasteiger partial charge in [0.2, 0.25) is 0 Å². The molecule has 0 atom stereocenters. The average Bonchev–Trinajstić information content (AvgIpc) is 2.29. The Morgan fingerprint density at radius 2 is 2.24 bits per heavy atom. The summed E-state index contributed by atoms with van der Waals surface area (Å²) in [6, 6.07) is 9.11. The Morgan fingerprint density at radius 3 is 2.94 bits per heavy atom. The van der Waals surface area contributed by atoms with Crippen LogP contribution >= 0.6 is 0 Å². The molecule has 0 saturated heterocycles. The van der Waals surface area contributed by atoms with Crippen molar-refractivity contribution in [1.29, 1.82) is 0 Å². The molecule has 0 amide bonds. The summed E-state index contributed by atoms with van der Waals surface area (Å²) in [5.74, 6) is 0.635. The van der Waals surface area contributed by atoms with E-state index in [2.05, 4.69) is 9.97 Å². The molecule has 1 heterocycles. The summed E-state index contributed by atoms with van der Waals surface area (Å²) in [6.07, 6.45) is 1.40. The Hall–Kier alpha value is -2.30. The molecule has 0 radical (unpaired) electrons. The summed E-state index contributed by atoms with van der Waals surface area (Å²) in [6.45, 7) is 0.654. The Kier molecular flexibility index (Phi) is 3.09. The molecule has 5 heteroatoms. The number of hydrogen-bond acceptors (Lipinski definition) is 4. The van der Waals surface area contributed by atoms with Crippen LogP contribution < -0.4 is 16.2 Å². The number of benzene rings is 1. The number of H-pyrrole nitrogens is 1. The molecule has 0 aliphatic heterocycles. The highest BCUT2D eigenvalue weighted by Gasteiger charge is 2.04. The first-order valence-electron chi connectivity index (χ1n) is 5.25. The number of nitrogens with two attached hydrogens (primary N) is 1. The van der Waals surface area contributed by atoms with Gasteiger partial charge in [-0.1, -0.05) is 12.1 Å². The van der Waals surface area contributed by atoms with Crippen LogP contribution in [-0.2, 0) is 6.54 Å². The molecule has 0 fully saturated rings. The van der Waals surface area contributed by atoms with Crippen LogP contribution in [0.3, 0.4) is 0 Å². The fourth-order valence-electron chi connectivity index (χ4n) is 1.61. The van der Waals surface area contributed by atoms with E-state index in [1.165, 1.54) is 12.4 Å². The van der Waals surface area contributed by atoms with Crippen molar-refractivity contribution < 1.29 is 0 Å². The number of rotatable bonds is 3. The molecule has 17 heavy (non-hydrogen) atoms. The number of aromatic nitrogens is 2. The van der Waals surface area contributed by atoms with Crippen molar-refractivity contribution in [2.24, 2.45) is 0 Å². The molecular weight excluding hydrogens is 216 g/mol. The molecule has 3 N–H and O–H groups in total. The van der Waals surface area contributed by atoms with Crippen LogP contribution in [0.25, 0.3) is 0 Å². The van der Waals surface area contributed by atoms with Gasteiger partial charge in [0.25, 0.3) is 5.56 Å². The molecule has 2 rings (SSSR count). The van der Waals surface area contributed by atoms with Crippen LogP contribution in [0.1, 0.15) is 5.56 Å². The van der Waals surface area contributed by atoms with Gasteiger partial charge >= 0.3 is 0 Å². The van der Waals surface area contributed by atoms with Crippen LogP contribution in [-0.4, -0.2) is 17.0 Å². The Morgan fingerprint density at radius 1 is 1.41 bits per heavy atom. The van der Waals surface area contributed by atoms with Crippen LogP contribution in [0.2, 0.25) is 0 Å². The number of anilines is 2. The molecule has 0 saturated carbocycles. The lowest BCUT2D eigenvalue weighted by molar-refractivity contribution is 0.887. The highest BCUT2D eigenvalue weighted by atomic mass is 16.1. The summed E-state index contributed by atoms with van der Waals surface area (Å²) in [5.41, 5.74) is 7.36. The van der Waals surface area contributed by atoms with Crippen molar-refractivity contribution in [2.75, 3.05) is 17.7 Å². The molecule has 2 aromatic rings. The third kappa shape index (κ3) is 2.84. The SMILES string of the molecule is CN(Cc1cccc(N)c1)c1cc(=O)[nH]cn1. The number of aromatic amines is 1. The van der Waals surface area contributed by atoms with Gasteiger partial charge in [0.15, 0.2) is 0 Å². The summed E-state index contributed by atoms with van der Waals surface area (Å²) in [4.78, 5) is 19.6. The van der Waals surface area contributed by atoms with E-state index >= 15 is 0 Å². The van der Waals surface area contributed by atoms with Gasteiger partial charge in [-0.05, 0) is 17.7 Å². The third-order valence-electron chi connectivity index (χ3n) is 2.43. The first-order valence-corrected chi connectivity index (χ1v) is 5.25. The largest absolute Gasteiger partial charge is 0.399 e. The lowest BCUT2D eigenvalue weighted by Crippen LogP contribution is -2.20. The van der Waals surface area contributed by atoms with E-state index in [1.807, 2.05) is 36.2 Å². The lowest BCUT2D eigenvalue weighted by atomic mass is 10.2. The van der Waals surface area contributed by atoms with Gasteiger partial charge < -0.3 is 15.6 Å². The van der Waals surface area contributed by atoms with E-state index < -0.39 is 0 Å². The Labute approximate surface area is 98.9 Å². The minimum atomic E-state index is -0.158. The van der Waals surface area contributed by atoms with Crippen molar-refractivity contribution in [3.63, 3.8) is 0 Å². The topological polar surface area (TPSA) is 75.0 Å².